The number of nitrogens with zero attached hydrogens (tertiary/aromatic N) is 1. The van der Waals surface area contributed by atoms with Gasteiger partial charge in [-0.25, -0.2) is 0 Å². The molecular formula is C7H12N2O2. The van der Waals surface area contributed by atoms with Crippen molar-refractivity contribution < 1.29 is 9.84 Å². The number of aliphatic hydroxyl groups is 1. The van der Waals surface area contributed by atoms with Crippen LogP contribution in [0, 0.1) is 0 Å². The Labute approximate surface area is 65.6 Å². The number of hydrogen-bond donors (Lipinski definition) is 2. The van der Waals surface area contributed by atoms with Crippen molar-refractivity contribution in [2.24, 2.45) is 4.99 Å². The third kappa shape index (κ3) is 1.94. The maximum atomic E-state index is 8.84. The zero-order valence-corrected chi connectivity index (χ0v) is 6.50. The molecular weight excluding hydrogens is 144 g/mol. The van der Waals surface area contributed by atoms with Crippen LogP contribution in [0.4, 0.5) is 0 Å². The highest BCUT2D eigenvalue weighted by Gasteiger charge is 2.08. The molecule has 0 aromatic rings. The molecule has 1 heterocycles. The molecule has 0 atom stereocenters. The Morgan fingerprint density at radius 1 is 1.82 bits per heavy atom. The lowest BCUT2D eigenvalue weighted by atomic mass is 10.3. The van der Waals surface area contributed by atoms with Crippen LogP contribution in [0.1, 0.15) is 6.92 Å². The van der Waals surface area contributed by atoms with Gasteiger partial charge in [-0.2, -0.15) is 0 Å². The van der Waals surface area contributed by atoms with Crippen LogP contribution in [0.25, 0.3) is 0 Å². The van der Waals surface area contributed by atoms with Gasteiger partial charge in [0.15, 0.2) is 5.88 Å². The SMILES string of the molecule is CCOC1=C(CO)CN=CN1. The molecule has 4 heteroatoms. The van der Waals surface area contributed by atoms with Crippen LogP contribution in [-0.2, 0) is 4.74 Å². The summed E-state index contributed by atoms with van der Waals surface area (Å²) in [4.78, 5) is 3.93. The topological polar surface area (TPSA) is 53.9 Å². The number of hydrogen-bond acceptors (Lipinski definition) is 4. The summed E-state index contributed by atoms with van der Waals surface area (Å²) in [6, 6.07) is 0. The van der Waals surface area contributed by atoms with Crippen molar-refractivity contribution in [2.45, 2.75) is 6.92 Å². The van der Waals surface area contributed by atoms with Crippen LogP contribution < -0.4 is 5.32 Å². The van der Waals surface area contributed by atoms with E-state index in [9.17, 15) is 0 Å². The number of rotatable bonds is 3. The Hall–Kier alpha value is -1.03. The van der Waals surface area contributed by atoms with Gasteiger partial charge in [0.25, 0.3) is 0 Å². The van der Waals surface area contributed by atoms with E-state index in [0.29, 0.717) is 19.0 Å². The second kappa shape index (κ2) is 3.98. The summed E-state index contributed by atoms with van der Waals surface area (Å²) >= 11 is 0. The van der Waals surface area contributed by atoms with E-state index >= 15 is 0 Å². The first-order valence-electron chi connectivity index (χ1n) is 3.59. The van der Waals surface area contributed by atoms with Crippen LogP contribution >= 0.6 is 0 Å². The normalized spacial score (nSPS) is 16.5. The standard InChI is InChI=1S/C7H12N2O2/c1-2-11-7-6(4-10)3-8-5-9-7/h5,10H,2-4H2,1H3,(H,8,9). The minimum atomic E-state index is -0.000324. The first kappa shape index (κ1) is 8.07. The highest BCUT2D eigenvalue weighted by molar-refractivity contribution is 5.59. The number of aliphatic imine (C=N–C) groups is 1. The zero-order valence-electron chi connectivity index (χ0n) is 6.50. The lowest BCUT2D eigenvalue weighted by molar-refractivity contribution is 0.203. The van der Waals surface area contributed by atoms with E-state index in [4.69, 9.17) is 9.84 Å². The zero-order chi connectivity index (χ0) is 8.10. The fraction of sp³-hybridized carbons (Fsp3) is 0.571. The van der Waals surface area contributed by atoms with Crippen LogP contribution in [0.3, 0.4) is 0 Å². The number of ether oxygens (including phenoxy) is 1. The average molecular weight is 156 g/mol. The summed E-state index contributed by atoms with van der Waals surface area (Å²) in [5.41, 5.74) is 0.800. The van der Waals surface area contributed by atoms with Gasteiger partial charge in [-0.3, -0.25) is 4.99 Å². The highest BCUT2D eigenvalue weighted by atomic mass is 16.5. The molecule has 1 rings (SSSR count). The molecule has 4 nitrogen and oxygen atoms in total. The summed E-state index contributed by atoms with van der Waals surface area (Å²) in [6.45, 7) is 3.02. The molecule has 0 spiro atoms. The van der Waals surface area contributed by atoms with Gasteiger partial charge < -0.3 is 15.2 Å². The molecule has 0 saturated carbocycles. The molecule has 0 unspecified atom stereocenters. The van der Waals surface area contributed by atoms with E-state index in [-0.39, 0.29) is 6.61 Å². The fourth-order valence-electron chi connectivity index (χ4n) is 0.844. The van der Waals surface area contributed by atoms with Gasteiger partial charge in [0.2, 0.25) is 0 Å². The van der Waals surface area contributed by atoms with E-state index in [2.05, 4.69) is 10.3 Å². The van der Waals surface area contributed by atoms with Gasteiger partial charge in [-0.1, -0.05) is 0 Å². The lowest BCUT2D eigenvalue weighted by Gasteiger charge is -2.15. The van der Waals surface area contributed by atoms with E-state index in [1.54, 1.807) is 6.34 Å². The van der Waals surface area contributed by atoms with Crippen LogP contribution in [0.5, 0.6) is 0 Å². The van der Waals surface area contributed by atoms with Crippen LogP contribution in [0.2, 0.25) is 0 Å². The minimum Gasteiger partial charge on any atom is -0.479 e. The maximum absolute atomic E-state index is 8.84. The molecule has 62 valence electrons. The van der Waals surface area contributed by atoms with E-state index in [1.165, 1.54) is 0 Å². The average Bonchev–Trinajstić information content (AvgIpc) is 2.06. The van der Waals surface area contributed by atoms with Crippen LogP contribution in [-0.4, -0.2) is 31.2 Å². The molecule has 0 radical (unpaired) electrons. The van der Waals surface area contributed by atoms with Gasteiger partial charge in [-0.05, 0) is 6.92 Å². The fourth-order valence-corrected chi connectivity index (χ4v) is 0.844. The molecule has 1 aliphatic rings. The smallest absolute Gasteiger partial charge is 0.195 e. The Kier molecular flexibility index (Phi) is 2.92. The quantitative estimate of drug-likeness (QED) is 0.598. The van der Waals surface area contributed by atoms with Gasteiger partial charge in [0.05, 0.1) is 26.1 Å². The number of nitrogens with one attached hydrogen (secondary N) is 1. The van der Waals surface area contributed by atoms with Crippen molar-refractivity contribution in [3.8, 4) is 0 Å². The summed E-state index contributed by atoms with van der Waals surface area (Å²) < 4.78 is 5.20. The number of aliphatic hydroxyl groups excluding tert-OH is 1. The first-order valence-corrected chi connectivity index (χ1v) is 3.59. The third-order valence-electron chi connectivity index (χ3n) is 1.37. The Balaban J connectivity index is 2.60. The largest absolute Gasteiger partial charge is 0.479 e. The van der Waals surface area contributed by atoms with Crippen molar-refractivity contribution >= 4 is 6.34 Å². The van der Waals surface area contributed by atoms with Gasteiger partial charge >= 0.3 is 0 Å². The molecule has 0 aliphatic carbocycles. The van der Waals surface area contributed by atoms with E-state index in [1.807, 2.05) is 6.92 Å². The van der Waals surface area contributed by atoms with Gasteiger partial charge in [0.1, 0.15) is 0 Å². The molecule has 0 saturated heterocycles. The molecule has 0 fully saturated rings. The monoisotopic (exact) mass is 156 g/mol. The van der Waals surface area contributed by atoms with Crippen molar-refractivity contribution in [2.75, 3.05) is 19.8 Å². The lowest BCUT2D eigenvalue weighted by Crippen LogP contribution is -2.22. The molecule has 0 amide bonds. The summed E-state index contributed by atoms with van der Waals surface area (Å²) in [6.07, 6.45) is 1.57. The molecule has 0 aromatic heterocycles. The van der Waals surface area contributed by atoms with Crippen LogP contribution in [0.15, 0.2) is 16.4 Å². The van der Waals surface area contributed by atoms with E-state index in [0.717, 1.165) is 5.57 Å². The summed E-state index contributed by atoms with van der Waals surface area (Å²) in [5.74, 6) is 0.644. The first-order chi connectivity index (χ1) is 5.38. The second-order valence-electron chi connectivity index (χ2n) is 2.14. The van der Waals surface area contributed by atoms with Crippen molar-refractivity contribution in [3.63, 3.8) is 0 Å². The molecule has 0 aromatic carbocycles. The van der Waals surface area contributed by atoms with Crippen molar-refractivity contribution in [1.82, 2.24) is 5.32 Å². The highest BCUT2D eigenvalue weighted by Crippen LogP contribution is 2.05. The Bertz CT molecular complexity index is 187. The van der Waals surface area contributed by atoms with Crippen molar-refractivity contribution in [1.29, 1.82) is 0 Å². The van der Waals surface area contributed by atoms with Gasteiger partial charge in [0, 0.05) is 5.57 Å². The predicted octanol–water partition coefficient (Wildman–Crippen LogP) is -0.142. The molecule has 0 bridgehead atoms. The Morgan fingerprint density at radius 2 is 2.64 bits per heavy atom. The second-order valence-corrected chi connectivity index (χ2v) is 2.14. The Morgan fingerprint density at radius 3 is 3.27 bits per heavy atom. The minimum absolute atomic E-state index is 0.000324. The molecule has 11 heavy (non-hydrogen) atoms. The summed E-state index contributed by atoms with van der Waals surface area (Å²) in [5, 5.41) is 11.7. The van der Waals surface area contributed by atoms with Gasteiger partial charge in [-0.15, -0.1) is 0 Å². The maximum Gasteiger partial charge on any atom is 0.195 e. The summed E-state index contributed by atoms with van der Waals surface area (Å²) in [7, 11) is 0. The van der Waals surface area contributed by atoms with E-state index < -0.39 is 0 Å². The third-order valence-corrected chi connectivity index (χ3v) is 1.37. The molecule has 1 aliphatic heterocycles. The van der Waals surface area contributed by atoms with Crippen molar-refractivity contribution in [3.05, 3.63) is 11.5 Å². The molecule has 2 N–H and O–H groups in total. The predicted molar refractivity (Wildman–Crippen MR) is 42.2 cm³/mol.